The Labute approximate surface area is 149 Å². The van der Waals surface area contributed by atoms with E-state index in [0.717, 1.165) is 53.7 Å². The van der Waals surface area contributed by atoms with Gasteiger partial charge >= 0.3 is 6.09 Å². The van der Waals surface area contributed by atoms with Gasteiger partial charge in [0.25, 0.3) is 0 Å². The number of hydrogen-bond acceptors (Lipinski definition) is 1. The van der Waals surface area contributed by atoms with Crippen molar-refractivity contribution in [1.29, 1.82) is 0 Å². The summed E-state index contributed by atoms with van der Waals surface area (Å²) in [6, 6.07) is 13.7. The van der Waals surface area contributed by atoms with Crippen molar-refractivity contribution in [1.82, 2.24) is 0 Å². The highest BCUT2D eigenvalue weighted by Crippen LogP contribution is 2.38. The van der Waals surface area contributed by atoms with Gasteiger partial charge in [0.15, 0.2) is 0 Å². The van der Waals surface area contributed by atoms with Crippen LogP contribution in [0.1, 0.15) is 49.3 Å². The lowest BCUT2D eigenvalue weighted by atomic mass is 10.0. The maximum Gasteiger partial charge on any atom is 0.416 e. The molecule has 0 atom stereocenters. The standard InChI is InChI=1S/C22H23NO2/c1-2-3-4-5-6-11-18-12-9-13-19-16-15-17-10-7-8-14-20(17)23(21(18)19)22(24)25/h7-10,12-14H,2-5,15-16H2,1H3,(H,24,25). The zero-order chi connectivity index (χ0) is 17.6. The molecular weight excluding hydrogens is 310 g/mol. The van der Waals surface area contributed by atoms with Crippen LogP contribution in [-0.4, -0.2) is 11.2 Å². The van der Waals surface area contributed by atoms with Crippen molar-refractivity contribution in [2.75, 3.05) is 4.90 Å². The van der Waals surface area contributed by atoms with E-state index in [0.29, 0.717) is 0 Å². The van der Waals surface area contributed by atoms with Gasteiger partial charge in [-0.2, -0.15) is 0 Å². The molecule has 3 nitrogen and oxygen atoms in total. The minimum atomic E-state index is -0.962. The van der Waals surface area contributed by atoms with Crippen LogP contribution in [0.2, 0.25) is 0 Å². The Morgan fingerprint density at radius 1 is 1.08 bits per heavy atom. The first kappa shape index (κ1) is 17.1. The third kappa shape index (κ3) is 3.69. The van der Waals surface area contributed by atoms with Crippen LogP contribution in [0.5, 0.6) is 0 Å². The van der Waals surface area contributed by atoms with E-state index >= 15 is 0 Å². The Hall–Kier alpha value is -2.73. The van der Waals surface area contributed by atoms with Crippen molar-refractivity contribution >= 4 is 17.5 Å². The quantitative estimate of drug-likeness (QED) is 0.592. The van der Waals surface area contributed by atoms with E-state index in [2.05, 4.69) is 18.8 Å². The highest BCUT2D eigenvalue weighted by atomic mass is 16.4. The van der Waals surface area contributed by atoms with Crippen molar-refractivity contribution in [3.8, 4) is 11.8 Å². The molecule has 0 aromatic heterocycles. The molecule has 1 heterocycles. The second-order valence-corrected chi connectivity index (χ2v) is 6.32. The van der Waals surface area contributed by atoms with E-state index in [4.69, 9.17) is 0 Å². The van der Waals surface area contributed by atoms with E-state index in [1.807, 2.05) is 42.5 Å². The average Bonchev–Trinajstić information content (AvgIpc) is 2.79. The molecule has 0 aliphatic carbocycles. The topological polar surface area (TPSA) is 40.5 Å². The van der Waals surface area contributed by atoms with Crippen molar-refractivity contribution in [3.63, 3.8) is 0 Å². The number of amides is 1. The molecule has 1 amide bonds. The van der Waals surface area contributed by atoms with E-state index in [-0.39, 0.29) is 0 Å². The maximum atomic E-state index is 12.1. The number of hydrogen-bond donors (Lipinski definition) is 1. The predicted molar refractivity (Wildman–Crippen MR) is 101 cm³/mol. The van der Waals surface area contributed by atoms with Crippen molar-refractivity contribution < 1.29 is 9.90 Å². The van der Waals surface area contributed by atoms with Gasteiger partial charge in [-0.15, -0.1) is 0 Å². The van der Waals surface area contributed by atoms with Gasteiger partial charge in [-0.05, 0) is 42.5 Å². The lowest BCUT2D eigenvalue weighted by molar-refractivity contribution is 0.204. The highest BCUT2D eigenvalue weighted by Gasteiger charge is 2.27. The fourth-order valence-corrected chi connectivity index (χ4v) is 3.31. The zero-order valence-corrected chi connectivity index (χ0v) is 14.6. The Bertz CT molecular complexity index is 829. The van der Waals surface area contributed by atoms with E-state index < -0.39 is 6.09 Å². The van der Waals surface area contributed by atoms with E-state index in [1.54, 1.807) is 0 Å². The van der Waals surface area contributed by atoms with Crippen LogP contribution in [0.15, 0.2) is 42.5 Å². The first-order valence-electron chi connectivity index (χ1n) is 8.94. The summed E-state index contributed by atoms with van der Waals surface area (Å²) >= 11 is 0. The molecule has 2 aromatic rings. The Balaban J connectivity index is 2.05. The van der Waals surface area contributed by atoms with Crippen LogP contribution in [-0.2, 0) is 12.8 Å². The minimum Gasteiger partial charge on any atom is -0.464 e. The molecule has 2 aromatic carbocycles. The molecule has 0 fully saturated rings. The Kier molecular flexibility index (Phi) is 5.40. The lowest BCUT2D eigenvalue weighted by Gasteiger charge is -2.23. The molecule has 0 unspecified atom stereocenters. The summed E-state index contributed by atoms with van der Waals surface area (Å²) in [6.45, 7) is 2.17. The molecule has 128 valence electrons. The predicted octanol–water partition coefficient (Wildman–Crippen LogP) is 5.53. The van der Waals surface area contributed by atoms with Gasteiger partial charge in [0.1, 0.15) is 0 Å². The van der Waals surface area contributed by atoms with Gasteiger partial charge in [0.2, 0.25) is 0 Å². The normalized spacial score (nSPS) is 12.4. The molecule has 0 spiro atoms. The number of rotatable bonds is 3. The second kappa shape index (κ2) is 7.90. The zero-order valence-electron chi connectivity index (χ0n) is 14.6. The summed E-state index contributed by atoms with van der Waals surface area (Å²) in [4.78, 5) is 13.5. The van der Waals surface area contributed by atoms with Gasteiger partial charge in [-0.25, -0.2) is 9.69 Å². The van der Waals surface area contributed by atoms with Crippen LogP contribution in [0, 0.1) is 11.8 Å². The molecule has 0 radical (unpaired) electrons. The number of nitrogens with zero attached hydrogens (tertiary/aromatic N) is 1. The van der Waals surface area contributed by atoms with Gasteiger partial charge in [0, 0.05) is 12.0 Å². The molecule has 1 aliphatic rings. The van der Waals surface area contributed by atoms with Crippen LogP contribution >= 0.6 is 0 Å². The second-order valence-electron chi connectivity index (χ2n) is 6.32. The number of anilines is 2. The summed E-state index contributed by atoms with van der Waals surface area (Å²) in [6.07, 6.45) is 4.98. The summed E-state index contributed by atoms with van der Waals surface area (Å²) in [5, 5.41) is 9.90. The molecule has 25 heavy (non-hydrogen) atoms. The summed E-state index contributed by atoms with van der Waals surface area (Å²) < 4.78 is 0. The monoisotopic (exact) mass is 333 g/mol. The first-order valence-corrected chi connectivity index (χ1v) is 8.94. The molecule has 1 aliphatic heterocycles. The fraction of sp³-hybridized carbons (Fsp3) is 0.318. The number of carbonyl (C=O) groups is 1. The third-order valence-electron chi connectivity index (χ3n) is 4.56. The number of benzene rings is 2. The molecule has 3 heteroatoms. The molecular formula is C22H23NO2. The first-order chi connectivity index (χ1) is 12.2. The van der Waals surface area contributed by atoms with Crippen LogP contribution < -0.4 is 4.90 Å². The van der Waals surface area contributed by atoms with Crippen molar-refractivity contribution in [3.05, 3.63) is 59.2 Å². The SMILES string of the molecule is CCCCCC#Cc1cccc2c1N(C(=O)O)c1ccccc1CC2. The Morgan fingerprint density at radius 2 is 1.84 bits per heavy atom. The molecule has 0 saturated carbocycles. The summed E-state index contributed by atoms with van der Waals surface area (Å²) in [7, 11) is 0. The lowest BCUT2D eigenvalue weighted by Crippen LogP contribution is -2.25. The number of unbranched alkanes of at least 4 members (excludes halogenated alkanes) is 3. The van der Waals surface area contributed by atoms with Crippen LogP contribution in [0.25, 0.3) is 0 Å². The van der Waals surface area contributed by atoms with Gasteiger partial charge < -0.3 is 5.11 Å². The van der Waals surface area contributed by atoms with E-state index in [9.17, 15) is 9.90 Å². The van der Waals surface area contributed by atoms with E-state index in [1.165, 1.54) is 17.7 Å². The fourth-order valence-electron chi connectivity index (χ4n) is 3.31. The van der Waals surface area contributed by atoms with Crippen LogP contribution in [0.4, 0.5) is 16.2 Å². The smallest absolute Gasteiger partial charge is 0.416 e. The largest absolute Gasteiger partial charge is 0.464 e. The molecule has 1 N–H and O–H groups in total. The average molecular weight is 333 g/mol. The number of aryl methyl sites for hydroxylation is 2. The highest BCUT2D eigenvalue weighted by molar-refractivity contribution is 5.98. The maximum absolute atomic E-state index is 12.1. The summed E-state index contributed by atoms with van der Waals surface area (Å²) in [5.41, 5.74) is 4.37. The number of fused-ring (bicyclic) bond motifs is 2. The van der Waals surface area contributed by atoms with Crippen molar-refractivity contribution in [2.45, 2.75) is 45.4 Å². The van der Waals surface area contributed by atoms with Gasteiger partial charge in [-0.3, -0.25) is 0 Å². The van der Waals surface area contributed by atoms with Gasteiger partial charge in [0.05, 0.1) is 11.4 Å². The minimum absolute atomic E-state index is 0.725. The number of carboxylic acid groups (broad SMARTS) is 1. The molecule has 0 saturated heterocycles. The van der Waals surface area contributed by atoms with Crippen LogP contribution in [0.3, 0.4) is 0 Å². The summed E-state index contributed by atoms with van der Waals surface area (Å²) in [5.74, 6) is 6.44. The Morgan fingerprint density at radius 3 is 2.64 bits per heavy atom. The van der Waals surface area contributed by atoms with Crippen molar-refractivity contribution in [2.24, 2.45) is 0 Å². The molecule has 3 rings (SSSR count). The molecule has 0 bridgehead atoms. The number of para-hydroxylation sites is 2. The van der Waals surface area contributed by atoms with Gasteiger partial charge in [-0.1, -0.05) is 61.9 Å². The third-order valence-corrected chi connectivity index (χ3v) is 4.56.